The fraction of sp³-hybridized carbons (Fsp3) is 0.538. The first-order chi connectivity index (χ1) is 24.3. The highest BCUT2D eigenvalue weighted by Gasteiger charge is 2.38. The second kappa shape index (κ2) is 23.6. The van der Waals surface area contributed by atoms with E-state index in [0.29, 0.717) is 59.5 Å². The number of rotatable bonds is 28. The molecule has 10 nitrogen and oxygen atoms in total. The highest BCUT2D eigenvalue weighted by Crippen LogP contribution is 2.41. The quantitative estimate of drug-likeness (QED) is 0.0363. The predicted molar refractivity (Wildman–Crippen MR) is 197 cm³/mol. The molecule has 0 unspecified atom stereocenters. The summed E-state index contributed by atoms with van der Waals surface area (Å²) >= 11 is 0. The van der Waals surface area contributed by atoms with Crippen LogP contribution in [0.3, 0.4) is 0 Å². The van der Waals surface area contributed by atoms with Crippen molar-refractivity contribution in [3.63, 3.8) is 0 Å². The van der Waals surface area contributed by atoms with Crippen LogP contribution in [-0.2, 0) is 43.5 Å². The lowest BCUT2D eigenvalue weighted by atomic mass is 9.80. The lowest BCUT2D eigenvalue weighted by molar-refractivity contribution is -0.127. The Hall–Kier alpha value is -2.84. The summed E-state index contributed by atoms with van der Waals surface area (Å²) in [6.45, 7) is 12.2. The van der Waals surface area contributed by atoms with Crippen LogP contribution in [0.15, 0.2) is 78.9 Å². The topological polar surface area (TPSA) is 92.3 Å². The van der Waals surface area contributed by atoms with E-state index in [1.807, 2.05) is 66.7 Å². The van der Waals surface area contributed by atoms with Crippen molar-refractivity contribution in [3.05, 3.63) is 95.6 Å². The van der Waals surface area contributed by atoms with E-state index in [1.54, 1.807) is 21.3 Å². The third-order valence-corrected chi connectivity index (χ3v) is 9.59. The minimum absolute atomic E-state index is 0.189. The van der Waals surface area contributed by atoms with Crippen LogP contribution in [0.4, 0.5) is 0 Å². The Morgan fingerprint density at radius 2 is 1.02 bits per heavy atom. The maximum Gasteiger partial charge on any atom is 0.146 e. The molecule has 0 radical (unpaired) electrons. The van der Waals surface area contributed by atoms with E-state index >= 15 is 0 Å². The van der Waals surface area contributed by atoms with Crippen molar-refractivity contribution < 1.29 is 47.4 Å². The molecule has 0 aromatic heterocycles. The maximum atomic E-state index is 7.08. The lowest BCUT2D eigenvalue weighted by Gasteiger charge is -2.37. The molecule has 1 atom stereocenters. The van der Waals surface area contributed by atoms with Crippen molar-refractivity contribution in [2.45, 2.75) is 37.4 Å². The van der Waals surface area contributed by atoms with Crippen LogP contribution in [0.25, 0.3) is 0 Å². The molecular formula is C39H58O10Si. The van der Waals surface area contributed by atoms with Crippen LogP contribution >= 0.6 is 0 Å². The van der Waals surface area contributed by atoms with Crippen molar-refractivity contribution >= 4 is 8.07 Å². The molecule has 3 aromatic carbocycles. The normalized spacial score (nSPS) is 12.6. The third-order valence-electron chi connectivity index (χ3n) is 7.88. The number of methoxy groups -OCH3 is 3. The highest BCUT2D eigenvalue weighted by molar-refractivity contribution is 6.76. The molecule has 11 heteroatoms. The van der Waals surface area contributed by atoms with E-state index < -0.39 is 19.8 Å². The fourth-order valence-electron chi connectivity index (χ4n) is 5.07. The molecule has 3 aromatic rings. The molecule has 0 spiro atoms. The molecular weight excluding hydrogens is 657 g/mol. The Kier molecular flexibility index (Phi) is 19.6. The van der Waals surface area contributed by atoms with Crippen molar-refractivity contribution in [1.82, 2.24) is 0 Å². The number of ether oxygens (including phenoxy) is 10. The van der Waals surface area contributed by atoms with Crippen LogP contribution in [0.1, 0.15) is 16.7 Å². The molecule has 0 N–H and O–H groups in total. The number of hydrogen-bond acceptors (Lipinski definition) is 10. The molecule has 0 bridgehead atoms. The fourth-order valence-corrected chi connectivity index (χ4v) is 5.83. The van der Waals surface area contributed by atoms with Gasteiger partial charge in [-0.25, -0.2) is 0 Å². The summed E-state index contributed by atoms with van der Waals surface area (Å²) in [5.41, 5.74) is 1.88. The van der Waals surface area contributed by atoms with Crippen LogP contribution in [0.5, 0.6) is 11.5 Å². The molecule has 0 aliphatic rings. The van der Waals surface area contributed by atoms with Gasteiger partial charge in [0.25, 0.3) is 0 Å². The first-order valence-electron chi connectivity index (χ1n) is 17.3. The molecule has 0 saturated carbocycles. The molecule has 50 heavy (non-hydrogen) atoms. The van der Waals surface area contributed by atoms with Crippen molar-refractivity contribution in [3.8, 4) is 11.5 Å². The molecule has 0 heterocycles. The average Bonchev–Trinajstić information content (AvgIpc) is 3.13. The maximum absolute atomic E-state index is 7.08. The second-order valence-corrected chi connectivity index (χ2v) is 18.5. The zero-order valence-electron chi connectivity index (χ0n) is 30.9. The zero-order valence-corrected chi connectivity index (χ0v) is 31.9. The van der Waals surface area contributed by atoms with Gasteiger partial charge in [0.1, 0.15) is 30.0 Å². The van der Waals surface area contributed by atoms with Gasteiger partial charge in [-0.2, -0.15) is 0 Å². The predicted octanol–water partition coefficient (Wildman–Crippen LogP) is 6.42. The van der Waals surface area contributed by atoms with Gasteiger partial charge in [0, 0.05) is 21.8 Å². The Balaban J connectivity index is 1.73. The summed E-state index contributed by atoms with van der Waals surface area (Å²) < 4.78 is 57.9. The summed E-state index contributed by atoms with van der Waals surface area (Å²) in [5, 5.41) is 0. The highest BCUT2D eigenvalue weighted by atomic mass is 28.3. The molecule has 0 saturated heterocycles. The average molecular weight is 715 g/mol. The largest absolute Gasteiger partial charge is 0.497 e. The lowest BCUT2D eigenvalue weighted by Crippen LogP contribution is -2.38. The monoisotopic (exact) mass is 714 g/mol. The molecule has 0 amide bonds. The first-order valence-corrected chi connectivity index (χ1v) is 21.0. The van der Waals surface area contributed by atoms with Crippen molar-refractivity contribution in [2.24, 2.45) is 0 Å². The first kappa shape index (κ1) is 41.6. The minimum atomic E-state index is -1.20. The van der Waals surface area contributed by atoms with Gasteiger partial charge >= 0.3 is 0 Å². The van der Waals surface area contributed by atoms with Gasteiger partial charge in [0.05, 0.1) is 80.3 Å². The number of benzene rings is 3. The minimum Gasteiger partial charge on any atom is -0.497 e. The SMILES string of the molecule is COCCOCCOCCOCCO[C@@H](COCOCC[Si](C)(C)C)COC(c1ccccc1)(c1ccc(OC)cc1)c1ccc(OC)cc1. The van der Waals surface area contributed by atoms with E-state index in [2.05, 4.69) is 31.8 Å². The van der Waals surface area contributed by atoms with Gasteiger partial charge in [0.15, 0.2) is 0 Å². The summed E-state index contributed by atoms with van der Waals surface area (Å²) in [4.78, 5) is 0. The van der Waals surface area contributed by atoms with Crippen LogP contribution in [0.2, 0.25) is 25.7 Å². The smallest absolute Gasteiger partial charge is 0.146 e. The Bertz CT molecular complexity index is 1220. The number of hydrogen-bond donors (Lipinski definition) is 0. The van der Waals surface area contributed by atoms with E-state index in [-0.39, 0.29) is 20.0 Å². The van der Waals surface area contributed by atoms with Gasteiger partial charge in [-0.15, -0.1) is 0 Å². The molecule has 0 aliphatic heterocycles. The summed E-state index contributed by atoms with van der Waals surface area (Å²) in [7, 11) is 3.77. The van der Waals surface area contributed by atoms with E-state index in [9.17, 15) is 0 Å². The van der Waals surface area contributed by atoms with Gasteiger partial charge in [-0.1, -0.05) is 74.2 Å². The third kappa shape index (κ3) is 14.8. The van der Waals surface area contributed by atoms with E-state index in [0.717, 1.165) is 34.2 Å². The Labute approximate surface area is 300 Å². The van der Waals surface area contributed by atoms with E-state index in [1.165, 1.54) is 0 Å². The molecule has 0 aliphatic carbocycles. The van der Waals surface area contributed by atoms with E-state index in [4.69, 9.17) is 47.4 Å². The van der Waals surface area contributed by atoms with Gasteiger partial charge < -0.3 is 47.4 Å². The van der Waals surface area contributed by atoms with Crippen molar-refractivity contribution in [2.75, 3.05) is 101 Å². The van der Waals surface area contributed by atoms with Crippen LogP contribution in [0, 0.1) is 0 Å². The summed E-state index contributed by atoms with van der Waals surface area (Å²) in [6, 6.07) is 27.2. The standard InChI is InChI=1S/C39H58O10Si/c1-40-20-21-43-22-23-44-24-25-45-26-27-48-38(30-47-32-46-28-29-50(4,5)6)31-49-39(33-10-8-7-9-11-33,34-12-16-36(41-2)17-13-34)35-14-18-37(42-3)19-15-35/h7-19,38H,20-32H2,1-6H3/t38-/m0/s1. The molecule has 278 valence electrons. The molecule has 3 rings (SSSR count). The van der Waals surface area contributed by atoms with Crippen LogP contribution in [-0.4, -0.2) is 115 Å². The molecule has 0 fully saturated rings. The second-order valence-electron chi connectivity index (χ2n) is 12.8. The van der Waals surface area contributed by atoms with Gasteiger partial charge in [-0.05, 0) is 47.0 Å². The van der Waals surface area contributed by atoms with Crippen molar-refractivity contribution in [1.29, 1.82) is 0 Å². The van der Waals surface area contributed by atoms with Gasteiger partial charge in [0.2, 0.25) is 0 Å². The Morgan fingerprint density at radius 3 is 1.52 bits per heavy atom. The Morgan fingerprint density at radius 1 is 0.520 bits per heavy atom. The summed E-state index contributed by atoms with van der Waals surface area (Å²) in [5.74, 6) is 1.52. The zero-order chi connectivity index (χ0) is 35.9. The summed E-state index contributed by atoms with van der Waals surface area (Å²) in [6.07, 6.45) is -0.403. The van der Waals surface area contributed by atoms with Crippen LogP contribution < -0.4 is 9.47 Å². The van der Waals surface area contributed by atoms with Gasteiger partial charge in [-0.3, -0.25) is 0 Å².